The predicted molar refractivity (Wildman–Crippen MR) is 131 cm³/mol. The summed E-state index contributed by atoms with van der Waals surface area (Å²) in [5, 5.41) is 10.9. The van der Waals surface area contributed by atoms with Crippen LogP contribution in [0.5, 0.6) is 0 Å². The average molecular weight is 427 g/mol. The summed E-state index contributed by atoms with van der Waals surface area (Å²) >= 11 is 0. The summed E-state index contributed by atoms with van der Waals surface area (Å²) in [7, 11) is 0. The van der Waals surface area contributed by atoms with Gasteiger partial charge >= 0.3 is 0 Å². The van der Waals surface area contributed by atoms with Crippen molar-refractivity contribution in [2.45, 2.75) is 119 Å². The molecule has 5 saturated carbocycles. The Bertz CT molecular complexity index is 766. The maximum absolute atomic E-state index is 10.9. The van der Waals surface area contributed by atoms with E-state index in [0.29, 0.717) is 27.6 Å². The van der Waals surface area contributed by atoms with Crippen molar-refractivity contribution in [1.82, 2.24) is 0 Å². The normalized spacial score (nSPS) is 57.9. The lowest BCUT2D eigenvalue weighted by Crippen LogP contribution is -2.66. The van der Waals surface area contributed by atoms with Gasteiger partial charge in [-0.05, 0) is 128 Å². The van der Waals surface area contributed by atoms with Gasteiger partial charge in [0.1, 0.15) is 0 Å². The fourth-order valence-electron chi connectivity index (χ4n) is 11.5. The van der Waals surface area contributed by atoms with Gasteiger partial charge < -0.3 is 5.11 Å². The minimum atomic E-state index is -0.118. The third-order valence-electron chi connectivity index (χ3n) is 13.5. The zero-order chi connectivity index (χ0) is 22.6. The van der Waals surface area contributed by atoms with E-state index in [1.54, 1.807) is 0 Å². The van der Waals surface area contributed by atoms with Crippen LogP contribution in [0.4, 0.5) is 0 Å². The molecule has 1 N–H and O–H groups in total. The molecule has 5 rings (SSSR count). The van der Waals surface area contributed by atoms with Crippen LogP contribution in [0, 0.1) is 56.7 Å². The van der Waals surface area contributed by atoms with E-state index < -0.39 is 0 Å². The maximum atomic E-state index is 10.9. The van der Waals surface area contributed by atoms with Gasteiger partial charge in [-0.1, -0.05) is 53.7 Å². The van der Waals surface area contributed by atoms with E-state index in [1.165, 1.54) is 63.4 Å². The monoisotopic (exact) mass is 426 g/mol. The van der Waals surface area contributed by atoms with Crippen LogP contribution in [0.1, 0.15) is 113 Å². The standard InChI is InChI=1S/C30H50O/c1-19(2)20-11-14-27(5)17-18-29(7)21(25(20)27)9-10-23-28(6)15-13-24(31)26(3,4)22(28)12-16-30(23,29)8/h20-25,31H,1,9-18H2,2-8H3/t20-,21-,22-,23+,24-,25-,27-,28+,29-,30-/m0/s1. The molecule has 1 nitrogen and oxygen atoms in total. The van der Waals surface area contributed by atoms with E-state index in [4.69, 9.17) is 0 Å². The number of aliphatic hydroxyl groups is 1. The van der Waals surface area contributed by atoms with Crippen LogP contribution >= 0.6 is 0 Å². The van der Waals surface area contributed by atoms with Gasteiger partial charge in [-0.3, -0.25) is 0 Å². The van der Waals surface area contributed by atoms with Gasteiger partial charge in [0.2, 0.25) is 0 Å². The maximum Gasteiger partial charge on any atom is 0.0594 e. The molecule has 0 aliphatic heterocycles. The Morgan fingerprint density at radius 3 is 2.13 bits per heavy atom. The second kappa shape index (κ2) is 6.64. The van der Waals surface area contributed by atoms with E-state index in [2.05, 4.69) is 55.0 Å². The van der Waals surface area contributed by atoms with Crippen LogP contribution in [0.3, 0.4) is 0 Å². The molecule has 10 atom stereocenters. The highest BCUT2D eigenvalue weighted by Crippen LogP contribution is 2.77. The van der Waals surface area contributed by atoms with Crippen molar-refractivity contribution < 1.29 is 5.11 Å². The average Bonchev–Trinajstić information content (AvgIpc) is 3.04. The molecular weight excluding hydrogens is 376 g/mol. The Morgan fingerprint density at radius 2 is 1.45 bits per heavy atom. The third-order valence-corrected chi connectivity index (χ3v) is 13.5. The van der Waals surface area contributed by atoms with Crippen LogP contribution in [0.2, 0.25) is 0 Å². The van der Waals surface area contributed by atoms with Crippen LogP contribution in [-0.4, -0.2) is 11.2 Å². The van der Waals surface area contributed by atoms with Gasteiger partial charge in [-0.15, -0.1) is 0 Å². The first-order valence-corrected chi connectivity index (χ1v) is 13.6. The number of aliphatic hydroxyl groups excluding tert-OH is 1. The van der Waals surface area contributed by atoms with E-state index >= 15 is 0 Å². The summed E-state index contributed by atoms with van der Waals surface area (Å²) in [6.07, 6.45) is 13.4. The molecule has 0 bridgehead atoms. The van der Waals surface area contributed by atoms with Crippen LogP contribution in [0.15, 0.2) is 12.2 Å². The van der Waals surface area contributed by atoms with Crippen molar-refractivity contribution in [3.05, 3.63) is 12.2 Å². The summed E-state index contributed by atoms with van der Waals surface area (Å²) in [5.41, 5.74) is 3.38. The predicted octanol–water partition coefficient (Wildman–Crippen LogP) is 8.02. The first-order valence-electron chi connectivity index (χ1n) is 13.6. The molecular formula is C30H50O. The number of hydrogen-bond donors (Lipinski definition) is 1. The lowest BCUT2D eigenvalue weighted by Gasteiger charge is -2.73. The smallest absolute Gasteiger partial charge is 0.0594 e. The molecule has 0 aromatic carbocycles. The number of fused-ring (bicyclic) bond motifs is 7. The van der Waals surface area contributed by atoms with E-state index in [-0.39, 0.29) is 11.5 Å². The molecule has 0 aromatic heterocycles. The van der Waals surface area contributed by atoms with Crippen molar-refractivity contribution in [2.24, 2.45) is 56.7 Å². The fourth-order valence-corrected chi connectivity index (χ4v) is 11.5. The summed E-state index contributed by atoms with van der Waals surface area (Å²) in [4.78, 5) is 0. The molecule has 5 aliphatic rings. The van der Waals surface area contributed by atoms with Crippen molar-refractivity contribution in [3.63, 3.8) is 0 Å². The quantitative estimate of drug-likeness (QED) is 0.421. The first-order chi connectivity index (χ1) is 14.3. The number of hydrogen-bond acceptors (Lipinski definition) is 1. The van der Waals surface area contributed by atoms with Gasteiger partial charge in [0.25, 0.3) is 0 Å². The number of rotatable bonds is 1. The van der Waals surface area contributed by atoms with E-state index in [1.807, 2.05) is 0 Å². The van der Waals surface area contributed by atoms with Gasteiger partial charge in [0, 0.05) is 0 Å². The highest BCUT2D eigenvalue weighted by Gasteiger charge is 2.70. The van der Waals surface area contributed by atoms with E-state index in [0.717, 1.165) is 30.1 Å². The molecule has 31 heavy (non-hydrogen) atoms. The second-order valence-electron chi connectivity index (χ2n) is 14.7. The molecule has 5 aliphatic carbocycles. The molecule has 0 saturated heterocycles. The van der Waals surface area contributed by atoms with Crippen LogP contribution < -0.4 is 0 Å². The lowest BCUT2D eigenvalue weighted by molar-refractivity contribution is -0.246. The Balaban J connectivity index is 1.54. The summed E-state index contributed by atoms with van der Waals surface area (Å²) in [5.74, 6) is 3.98. The Morgan fingerprint density at radius 1 is 0.742 bits per heavy atom. The first kappa shape index (κ1) is 22.5. The van der Waals surface area contributed by atoms with Gasteiger partial charge in [0.15, 0.2) is 0 Å². The molecule has 0 spiro atoms. The zero-order valence-corrected chi connectivity index (χ0v) is 21.7. The van der Waals surface area contributed by atoms with Gasteiger partial charge in [0.05, 0.1) is 6.10 Å². The molecule has 5 fully saturated rings. The topological polar surface area (TPSA) is 20.2 Å². The number of allylic oxidation sites excluding steroid dienone is 1. The summed E-state index contributed by atoms with van der Waals surface area (Å²) in [6, 6.07) is 0. The summed E-state index contributed by atoms with van der Waals surface area (Å²) < 4.78 is 0. The van der Waals surface area contributed by atoms with Gasteiger partial charge in [-0.2, -0.15) is 0 Å². The Kier molecular flexibility index (Phi) is 4.82. The largest absolute Gasteiger partial charge is 0.393 e. The molecule has 0 radical (unpaired) electrons. The minimum absolute atomic E-state index is 0.0632. The second-order valence-corrected chi connectivity index (χ2v) is 14.7. The Labute approximate surface area is 192 Å². The molecule has 0 aromatic rings. The van der Waals surface area contributed by atoms with Gasteiger partial charge in [-0.25, -0.2) is 0 Å². The van der Waals surface area contributed by atoms with E-state index in [9.17, 15) is 5.11 Å². The highest BCUT2D eigenvalue weighted by atomic mass is 16.3. The van der Waals surface area contributed by atoms with Crippen LogP contribution in [-0.2, 0) is 0 Å². The van der Waals surface area contributed by atoms with Crippen molar-refractivity contribution in [3.8, 4) is 0 Å². The van der Waals surface area contributed by atoms with Crippen molar-refractivity contribution in [2.75, 3.05) is 0 Å². The molecule has 0 heterocycles. The fraction of sp³-hybridized carbons (Fsp3) is 0.933. The van der Waals surface area contributed by atoms with Crippen molar-refractivity contribution >= 4 is 0 Å². The molecule has 0 amide bonds. The summed E-state index contributed by atoms with van der Waals surface area (Å²) in [6.45, 7) is 22.3. The molecule has 0 unspecified atom stereocenters. The third kappa shape index (κ3) is 2.65. The molecule has 1 heteroatoms. The minimum Gasteiger partial charge on any atom is -0.393 e. The van der Waals surface area contributed by atoms with Crippen molar-refractivity contribution in [1.29, 1.82) is 0 Å². The highest BCUT2D eigenvalue weighted by molar-refractivity contribution is 5.21. The lowest BCUT2D eigenvalue weighted by atomic mass is 9.32. The Hall–Kier alpha value is -0.300. The SMILES string of the molecule is C=C(C)[C@@H]1CC[C@@]2(C)CC[C@@]3(C)[C@@H](CC[C@@H]4[C@]5(C)CC[C@H](O)C(C)(C)[C@@H]5CC[C@@]43C)[C@H]12. The molecule has 176 valence electrons. The van der Waals surface area contributed by atoms with Crippen LogP contribution in [0.25, 0.3) is 0 Å². The zero-order valence-electron chi connectivity index (χ0n) is 21.7.